The van der Waals surface area contributed by atoms with Crippen molar-refractivity contribution in [2.75, 3.05) is 26.7 Å². The highest BCUT2D eigenvalue weighted by Crippen LogP contribution is 2.11. The Balaban J connectivity index is 1.97. The van der Waals surface area contributed by atoms with Gasteiger partial charge < -0.3 is 15.0 Å². The van der Waals surface area contributed by atoms with Crippen molar-refractivity contribution < 1.29 is 18.3 Å². The molecule has 6 heteroatoms. The Labute approximate surface area is 110 Å². The first-order valence-corrected chi connectivity index (χ1v) is 6.09. The average molecular weight is 270 g/mol. The molecule has 1 aromatic carbocycles. The lowest BCUT2D eigenvalue weighted by molar-refractivity contribution is -0.144. The maximum absolute atomic E-state index is 13.1. The fourth-order valence-corrected chi connectivity index (χ4v) is 1.96. The molecule has 1 aliphatic rings. The molecule has 1 atom stereocenters. The van der Waals surface area contributed by atoms with Gasteiger partial charge in [0.15, 0.2) is 11.6 Å². The van der Waals surface area contributed by atoms with Crippen LogP contribution in [0, 0.1) is 11.6 Å². The van der Waals surface area contributed by atoms with E-state index in [2.05, 4.69) is 5.32 Å². The predicted molar refractivity (Wildman–Crippen MR) is 65.4 cm³/mol. The van der Waals surface area contributed by atoms with E-state index in [0.29, 0.717) is 18.7 Å². The number of amides is 1. The van der Waals surface area contributed by atoms with Gasteiger partial charge in [-0.1, -0.05) is 6.07 Å². The summed E-state index contributed by atoms with van der Waals surface area (Å²) in [7, 11) is 1.61. The van der Waals surface area contributed by atoms with E-state index in [1.165, 1.54) is 11.0 Å². The summed E-state index contributed by atoms with van der Waals surface area (Å²) in [5.74, 6) is -1.97. The minimum atomic E-state index is -0.908. The van der Waals surface area contributed by atoms with Crippen molar-refractivity contribution in [1.82, 2.24) is 10.2 Å². The maximum Gasteiger partial charge on any atom is 0.253 e. The van der Waals surface area contributed by atoms with Gasteiger partial charge in [0.05, 0.1) is 6.61 Å². The van der Waals surface area contributed by atoms with Crippen LogP contribution in [-0.2, 0) is 16.1 Å². The average Bonchev–Trinajstić information content (AvgIpc) is 2.43. The zero-order chi connectivity index (χ0) is 13.8. The van der Waals surface area contributed by atoms with Gasteiger partial charge in [-0.15, -0.1) is 0 Å². The number of nitrogens with one attached hydrogen (secondary N) is 1. The topological polar surface area (TPSA) is 41.6 Å². The van der Waals surface area contributed by atoms with Crippen LogP contribution in [0.5, 0.6) is 0 Å². The van der Waals surface area contributed by atoms with Crippen molar-refractivity contribution in [1.29, 1.82) is 0 Å². The van der Waals surface area contributed by atoms with Crippen LogP contribution in [0.4, 0.5) is 8.78 Å². The van der Waals surface area contributed by atoms with E-state index in [9.17, 15) is 13.6 Å². The summed E-state index contributed by atoms with van der Waals surface area (Å²) < 4.78 is 31.2. The summed E-state index contributed by atoms with van der Waals surface area (Å²) in [6.45, 7) is 1.92. The number of carbonyl (C=O) groups is 1. The van der Waals surface area contributed by atoms with Gasteiger partial charge in [0.25, 0.3) is 5.91 Å². The number of carbonyl (C=O) groups excluding carboxylic acids is 1. The Morgan fingerprint density at radius 1 is 1.47 bits per heavy atom. The molecule has 1 aliphatic heterocycles. The van der Waals surface area contributed by atoms with Crippen molar-refractivity contribution in [3.63, 3.8) is 0 Å². The highest BCUT2D eigenvalue weighted by Gasteiger charge is 2.24. The first-order valence-electron chi connectivity index (χ1n) is 6.09. The predicted octanol–water partition coefficient (Wildman–Crippen LogP) is 0.912. The van der Waals surface area contributed by atoms with Gasteiger partial charge in [0.2, 0.25) is 0 Å². The maximum atomic E-state index is 13.1. The van der Waals surface area contributed by atoms with E-state index in [1.807, 2.05) is 0 Å². The summed E-state index contributed by atoms with van der Waals surface area (Å²) in [4.78, 5) is 13.5. The smallest absolute Gasteiger partial charge is 0.253 e. The van der Waals surface area contributed by atoms with Crippen molar-refractivity contribution in [2.45, 2.75) is 12.6 Å². The molecule has 1 N–H and O–H groups in total. The van der Waals surface area contributed by atoms with E-state index in [0.717, 1.165) is 18.7 Å². The zero-order valence-corrected chi connectivity index (χ0v) is 10.7. The quantitative estimate of drug-likeness (QED) is 0.887. The second kappa shape index (κ2) is 6.08. The number of hydrogen-bond acceptors (Lipinski definition) is 3. The monoisotopic (exact) mass is 270 g/mol. The third kappa shape index (κ3) is 3.48. The number of halogens is 2. The molecule has 4 nitrogen and oxygen atoms in total. The number of hydrogen-bond donors (Lipinski definition) is 1. The number of rotatable bonds is 3. The molecule has 0 radical (unpaired) electrons. The number of morpholine rings is 1. The first kappa shape index (κ1) is 13.9. The van der Waals surface area contributed by atoms with Crippen molar-refractivity contribution >= 4 is 5.91 Å². The van der Waals surface area contributed by atoms with E-state index >= 15 is 0 Å². The van der Waals surface area contributed by atoms with E-state index in [1.54, 1.807) is 7.05 Å². The number of nitrogens with zero attached hydrogens (tertiary/aromatic N) is 1. The molecular weight excluding hydrogens is 254 g/mol. The lowest BCUT2D eigenvalue weighted by Crippen LogP contribution is -2.48. The van der Waals surface area contributed by atoms with Gasteiger partial charge in [-0.3, -0.25) is 4.79 Å². The molecular formula is C13H16F2N2O2. The summed E-state index contributed by atoms with van der Waals surface area (Å²) in [6, 6.07) is 3.61. The number of ether oxygens (including phenoxy) is 1. The Morgan fingerprint density at radius 3 is 2.89 bits per heavy atom. The minimum absolute atomic E-state index is 0.170. The molecule has 0 aliphatic carbocycles. The van der Waals surface area contributed by atoms with Crippen LogP contribution >= 0.6 is 0 Å². The molecule has 2 rings (SSSR count). The SMILES string of the molecule is CN(Cc1ccc(F)c(F)c1)C(=O)C1CNCCO1. The lowest BCUT2D eigenvalue weighted by Gasteiger charge is -2.27. The molecule has 0 spiro atoms. The number of benzene rings is 1. The molecule has 0 bridgehead atoms. The Bertz CT molecular complexity index is 462. The molecule has 1 aromatic rings. The normalized spacial score (nSPS) is 19.2. The molecule has 104 valence electrons. The minimum Gasteiger partial charge on any atom is -0.366 e. The van der Waals surface area contributed by atoms with Crippen LogP contribution in [0.2, 0.25) is 0 Å². The summed E-state index contributed by atoms with van der Waals surface area (Å²) >= 11 is 0. The summed E-state index contributed by atoms with van der Waals surface area (Å²) in [5, 5.41) is 3.07. The van der Waals surface area contributed by atoms with Gasteiger partial charge in [0.1, 0.15) is 6.10 Å². The van der Waals surface area contributed by atoms with Crippen molar-refractivity contribution in [3.05, 3.63) is 35.4 Å². The Morgan fingerprint density at radius 2 is 2.26 bits per heavy atom. The van der Waals surface area contributed by atoms with Gasteiger partial charge in [-0.2, -0.15) is 0 Å². The van der Waals surface area contributed by atoms with Crippen LogP contribution in [0.25, 0.3) is 0 Å². The lowest BCUT2D eigenvalue weighted by atomic mass is 10.2. The fraction of sp³-hybridized carbons (Fsp3) is 0.462. The van der Waals surface area contributed by atoms with Crippen LogP contribution in [0.1, 0.15) is 5.56 Å². The Hall–Kier alpha value is -1.53. The summed E-state index contributed by atoms with van der Waals surface area (Å²) in [6.07, 6.45) is -0.510. The Kier molecular flexibility index (Phi) is 4.44. The van der Waals surface area contributed by atoms with E-state index < -0.39 is 17.7 Å². The second-order valence-corrected chi connectivity index (χ2v) is 4.51. The standard InChI is InChI=1S/C13H16F2N2O2/c1-17(13(18)12-7-16-4-5-19-12)8-9-2-3-10(14)11(15)6-9/h2-3,6,12,16H,4-5,7-8H2,1H3. The van der Waals surface area contributed by atoms with Gasteiger partial charge >= 0.3 is 0 Å². The fourth-order valence-electron chi connectivity index (χ4n) is 1.96. The van der Waals surface area contributed by atoms with Crippen LogP contribution in [-0.4, -0.2) is 43.7 Å². The zero-order valence-electron chi connectivity index (χ0n) is 10.7. The van der Waals surface area contributed by atoms with Crippen LogP contribution in [0.15, 0.2) is 18.2 Å². The van der Waals surface area contributed by atoms with Gasteiger partial charge in [-0.05, 0) is 17.7 Å². The van der Waals surface area contributed by atoms with Crippen molar-refractivity contribution in [3.8, 4) is 0 Å². The van der Waals surface area contributed by atoms with Crippen LogP contribution in [0.3, 0.4) is 0 Å². The van der Waals surface area contributed by atoms with Crippen molar-refractivity contribution in [2.24, 2.45) is 0 Å². The third-order valence-corrected chi connectivity index (χ3v) is 2.98. The van der Waals surface area contributed by atoms with Crippen LogP contribution < -0.4 is 5.32 Å². The van der Waals surface area contributed by atoms with Gasteiger partial charge in [0, 0.05) is 26.7 Å². The third-order valence-electron chi connectivity index (χ3n) is 2.98. The highest BCUT2D eigenvalue weighted by molar-refractivity contribution is 5.81. The van der Waals surface area contributed by atoms with E-state index in [4.69, 9.17) is 4.74 Å². The molecule has 0 aromatic heterocycles. The number of likely N-dealkylation sites (N-methyl/N-ethyl adjacent to an activating group) is 1. The molecule has 19 heavy (non-hydrogen) atoms. The molecule has 0 saturated carbocycles. The molecule has 1 fully saturated rings. The van der Waals surface area contributed by atoms with Gasteiger partial charge in [-0.25, -0.2) is 8.78 Å². The first-order chi connectivity index (χ1) is 9.08. The molecule has 1 unspecified atom stereocenters. The molecule has 1 amide bonds. The largest absolute Gasteiger partial charge is 0.366 e. The molecule has 1 saturated heterocycles. The summed E-state index contributed by atoms with van der Waals surface area (Å²) in [5.41, 5.74) is 0.540. The highest BCUT2D eigenvalue weighted by atomic mass is 19.2. The van der Waals surface area contributed by atoms with E-state index in [-0.39, 0.29) is 12.5 Å². The second-order valence-electron chi connectivity index (χ2n) is 4.51. The molecule has 1 heterocycles.